The number of imide groups is 1. The van der Waals surface area contributed by atoms with Crippen molar-refractivity contribution in [2.24, 2.45) is 0 Å². The third-order valence-corrected chi connectivity index (χ3v) is 3.41. The van der Waals surface area contributed by atoms with Crippen LogP contribution in [0.1, 0.15) is 6.92 Å². The van der Waals surface area contributed by atoms with Gasteiger partial charge in [0.2, 0.25) is 0 Å². The van der Waals surface area contributed by atoms with Crippen molar-refractivity contribution in [1.29, 1.82) is 0 Å². The molecule has 2 fully saturated rings. The molecule has 3 amide bonds. The molecule has 0 saturated carbocycles. The van der Waals surface area contributed by atoms with E-state index < -0.39 is 29.7 Å². The van der Waals surface area contributed by atoms with Crippen LogP contribution in [0, 0.1) is 0 Å². The van der Waals surface area contributed by atoms with Crippen LogP contribution in [0.5, 0.6) is 0 Å². The Hall–Kier alpha value is -1.22. The molecule has 2 rings (SSSR count). The maximum Gasteiger partial charge on any atom is 0.322 e. The number of ether oxygens (including phenoxy) is 1. The molecule has 2 saturated heterocycles. The SMILES string of the molecule is C[C@](O)(CN1CCOCC1)[C@H](O)C1NC(=O)NC1=O. The van der Waals surface area contributed by atoms with Crippen LogP contribution in [0.3, 0.4) is 0 Å². The number of hydrogen-bond donors (Lipinski definition) is 4. The Bertz CT molecular complexity index is 367. The number of urea groups is 1. The molecule has 2 aliphatic heterocycles. The van der Waals surface area contributed by atoms with Gasteiger partial charge in [-0.25, -0.2) is 4.79 Å². The molecule has 8 heteroatoms. The predicted molar refractivity (Wildman–Crippen MR) is 64.4 cm³/mol. The number of carbonyl (C=O) groups excluding carboxylic acids is 2. The Balaban J connectivity index is 1.97. The smallest absolute Gasteiger partial charge is 0.322 e. The van der Waals surface area contributed by atoms with Crippen LogP contribution in [-0.4, -0.2) is 77.6 Å². The zero-order valence-corrected chi connectivity index (χ0v) is 10.8. The standard InChI is InChI=1S/C11H19N3O5/c1-11(18,6-14-2-4-19-5-3-14)8(15)7-9(16)13-10(17)12-7/h7-8,15,18H,2-6H2,1H3,(H2,12,13,16,17)/t7?,8-,11+/m1/s1. The van der Waals surface area contributed by atoms with Gasteiger partial charge in [0.1, 0.15) is 17.7 Å². The van der Waals surface area contributed by atoms with E-state index in [-0.39, 0.29) is 6.54 Å². The summed E-state index contributed by atoms with van der Waals surface area (Å²) in [7, 11) is 0. The fourth-order valence-corrected chi connectivity index (χ4v) is 2.32. The van der Waals surface area contributed by atoms with Crippen molar-refractivity contribution in [3.8, 4) is 0 Å². The maximum atomic E-state index is 11.5. The van der Waals surface area contributed by atoms with E-state index in [0.717, 1.165) is 0 Å². The topological polar surface area (TPSA) is 111 Å². The van der Waals surface area contributed by atoms with E-state index >= 15 is 0 Å². The first-order chi connectivity index (χ1) is 8.90. The number of rotatable bonds is 4. The number of nitrogens with zero attached hydrogens (tertiary/aromatic N) is 1. The van der Waals surface area contributed by atoms with E-state index in [1.165, 1.54) is 6.92 Å². The summed E-state index contributed by atoms with van der Waals surface area (Å²) in [4.78, 5) is 24.4. The van der Waals surface area contributed by atoms with Gasteiger partial charge in [0, 0.05) is 19.6 Å². The number of β-amino-alcohol motifs (C(OH)–C–C–N with tert-alkyl or cyclic N) is 1. The summed E-state index contributed by atoms with van der Waals surface area (Å²) in [5.41, 5.74) is -1.50. The Labute approximate surface area is 110 Å². The molecule has 2 heterocycles. The molecule has 0 radical (unpaired) electrons. The van der Waals surface area contributed by atoms with Crippen molar-refractivity contribution < 1.29 is 24.5 Å². The van der Waals surface area contributed by atoms with Gasteiger partial charge in [-0.3, -0.25) is 15.0 Å². The summed E-state index contributed by atoms with van der Waals surface area (Å²) >= 11 is 0. The van der Waals surface area contributed by atoms with E-state index in [9.17, 15) is 19.8 Å². The minimum absolute atomic E-state index is 0.206. The Kier molecular flexibility index (Phi) is 4.04. The zero-order valence-electron chi connectivity index (χ0n) is 10.8. The highest BCUT2D eigenvalue weighted by Crippen LogP contribution is 2.18. The van der Waals surface area contributed by atoms with E-state index in [1.54, 1.807) is 0 Å². The van der Waals surface area contributed by atoms with Gasteiger partial charge in [-0.2, -0.15) is 0 Å². The number of nitrogens with one attached hydrogen (secondary N) is 2. The number of aliphatic hydroxyl groups excluding tert-OH is 1. The van der Waals surface area contributed by atoms with E-state index in [1.807, 2.05) is 10.2 Å². The van der Waals surface area contributed by atoms with Gasteiger partial charge >= 0.3 is 6.03 Å². The van der Waals surface area contributed by atoms with E-state index in [0.29, 0.717) is 26.3 Å². The average molecular weight is 273 g/mol. The number of morpholine rings is 1. The maximum absolute atomic E-state index is 11.5. The van der Waals surface area contributed by atoms with Gasteiger partial charge < -0.3 is 20.3 Å². The molecule has 3 atom stereocenters. The van der Waals surface area contributed by atoms with Crippen molar-refractivity contribution in [1.82, 2.24) is 15.5 Å². The highest BCUT2D eigenvalue weighted by molar-refractivity contribution is 6.04. The second kappa shape index (κ2) is 5.41. The minimum Gasteiger partial charge on any atom is -0.387 e. The van der Waals surface area contributed by atoms with Crippen LogP contribution in [0.4, 0.5) is 4.79 Å². The molecule has 0 aromatic heterocycles. The van der Waals surface area contributed by atoms with Gasteiger partial charge in [0.05, 0.1) is 13.2 Å². The van der Waals surface area contributed by atoms with Crippen LogP contribution in [0.15, 0.2) is 0 Å². The van der Waals surface area contributed by atoms with E-state index in [4.69, 9.17) is 4.74 Å². The number of amides is 3. The number of hydrogen-bond acceptors (Lipinski definition) is 6. The third-order valence-electron chi connectivity index (χ3n) is 3.41. The molecule has 1 unspecified atom stereocenters. The fourth-order valence-electron chi connectivity index (χ4n) is 2.32. The average Bonchev–Trinajstić information content (AvgIpc) is 2.68. The summed E-state index contributed by atoms with van der Waals surface area (Å²) in [6.45, 7) is 4.12. The van der Waals surface area contributed by atoms with Crippen molar-refractivity contribution in [2.45, 2.75) is 24.7 Å². The second-order valence-electron chi connectivity index (χ2n) is 5.13. The summed E-state index contributed by atoms with van der Waals surface area (Å²) in [5.74, 6) is -0.625. The molecule has 0 aromatic carbocycles. The molecule has 0 aromatic rings. The minimum atomic E-state index is -1.50. The first kappa shape index (κ1) is 14.2. The molecule has 0 aliphatic carbocycles. The fraction of sp³-hybridized carbons (Fsp3) is 0.818. The molecular formula is C11H19N3O5. The highest BCUT2D eigenvalue weighted by Gasteiger charge is 2.45. The molecule has 2 aliphatic rings. The molecule has 4 N–H and O–H groups in total. The number of aliphatic hydroxyl groups is 2. The van der Waals surface area contributed by atoms with Crippen molar-refractivity contribution in [3.63, 3.8) is 0 Å². The van der Waals surface area contributed by atoms with Gasteiger partial charge in [-0.15, -0.1) is 0 Å². The molecule has 0 spiro atoms. The summed E-state index contributed by atoms with van der Waals surface area (Å²) in [5, 5.41) is 24.8. The monoisotopic (exact) mass is 273 g/mol. The Morgan fingerprint density at radius 3 is 2.63 bits per heavy atom. The van der Waals surface area contributed by atoms with Crippen molar-refractivity contribution in [3.05, 3.63) is 0 Å². The molecular weight excluding hydrogens is 254 g/mol. The third kappa shape index (κ3) is 3.21. The highest BCUT2D eigenvalue weighted by atomic mass is 16.5. The molecule has 108 valence electrons. The van der Waals surface area contributed by atoms with Crippen LogP contribution >= 0.6 is 0 Å². The lowest BCUT2D eigenvalue weighted by Gasteiger charge is -2.37. The van der Waals surface area contributed by atoms with E-state index in [2.05, 4.69) is 5.32 Å². The van der Waals surface area contributed by atoms with Crippen LogP contribution in [-0.2, 0) is 9.53 Å². The second-order valence-corrected chi connectivity index (χ2v) is 5.13. The zero-order chi connectivity index (χ0) is 14.0. The summed E-state index contributed by atoms with van der Waals surface area (Å²) < 4.78 is 5.20. The Morgan fingerprint density at radius 2 is 2.11 bits per heavy atom. The van der Waals surface area contributed by atoms with Gasteiger partial charge in [-0.1, -0.05) is 0 Å². The van der Waals surface area contributed by atoms with Crippen LogP contribution < -0.4 is 10.6 Å². The van der Waals surface area contributed by atoms with Crippen molar-refractivity contribution >= 4 is 11.9 Å². The molecule has 8 nitrogen and oxygen atoms in total. The lowest BCUT2D eigenvalue weighted by molar-refractivity contribution is -0.133. The molecule has 0 bridgehead atoms. The number of carbonyl (C=O) groups is 2. The first-order valence-electron chi connectivity index (χ1n) is 6.22. The predicted octanol–water partition coefficient (Wildman–Crippen LogP) is -2.36. The normalized spacial score (nSPS) is 29.5. The lowest BCUT2D eigenvalue weighted by atomic mass is 9.92. The van der Waals surface area contributed by atoms with Gasteiger partial charge in [0.25, 0.3) is 5.91 Å². The Morgan fingerprint density at radius 1 is 1.47 bits per heavy atom. The summed E-state index contributed by atoms with van der Waals surface area (Å²) in [6, 6.07) is -1.78. The largest absolute Gasteiger partial charge is 0.387 e. The lowest BCUT2D eigenvalue weighted by Crippen LogP contribution is -2.59. The quantitative estimate of drug-likeness (QED) is 0.426. The van der Waals surface area contributed by atoms with Crippen molar-refractivity contribution in [2.75, 3.05) is 32.8 Å². The first-order valence-corrected chi connectivity index (χ1v) is 6.22. The van der Waals surface area contributed by atoms with Gasteiger partial charge in [0.15, 0.2) is 0 Å². The van der Waals surface area contributed by atoms with Gasteiger partial charge in [-0.05, 0) is 6.92 Å². The summed E-state index contributed by atoms with van der Waals surface area (Å²) in [6.07, 6.45) is -1.37. The van der Waals surface area contributed by atoms with Crippen LogP contribution in [0.2, 0.25) is 0 Å². The van der Waals surface area contributed by atoms with Crippen LogP contribution in [0.25, 0.3) is 0 Å². The molecule has 19 heavy (non-hydrogen) atoms.